The normalized spacial score (nSPS) is 11.4. The molecule has 0 heterocycles. The number of hydrogen-bond acceptors (Lipinski definition) is 6. The highest BCUT2D eigenvalue weighted by Crippen LogP contribution is 2.30. The van der Waals surface area contributed by atoms with Crippen LogP contribution in [0.4, 0.5) is 9.59 Å². The van der Waals surface area contributed by atoms with Crippen LogP contribution in [0.3, 0.4) is 0 Å². The van der Waals surface area contributed by atoms with Crippen LogP contribution in [0.25, 0.3) is 6.08 Å². The van der Waals surface area contributed by atoms with Crippen LogP contribution in [0.1, 0.15) is 47.1 Å². The standard InChI is InChI=1S/C18H24O6/c1-8-12-9-10-13(21-15(19)23-17(2,3)4)14(11-12)22-16(20)24-18(5,6)7/h8-11H,1H2,2-7H3. The molecular weight excluding hydrogens is 312 g/mol. The summed E-state index contributed by atoms with van der Waals surface area (Å²) < 4.78 is 20.5. The lowest BCUT2D eigenvalue weighted by atomic mass is 10.2. The first-order valence-electron chi connectivity index (χ1n) is 7.48. The van der Waals surface area contributed by atoms with Crippen molar-refractivity contribution in [3.63, 3.8) is 0 Å². The first kappa shape index (κ1) is 19.5. The molecule has 0 radical (unpaired) electrons. The van der Waals surface area contributed by atoms with Gasteiger partial charge < -0.3 is 18.9 Å². The fourth-order valence-electron chi connectivity index (χ4n) is 1.54. The number of benzene rings is 1. The molecule has 0 amide bonds. The highest BCUT2D eigenvalue weighted by molar-refractivity contribution is 5.70. The molecule has 0 N–H and O–H groups in total. The smallest absolute Gasteiger partial charge is 0.428 e. The minimum Gasteiger partial charge on any atom is -0.428 e. The van der Waals surface area contributed by atoms with E-state index in [9.17, 15) is 9.59 Å². The Bertz CT molecular complexity index is 619. The van der Waals surface area contributed by atoms with Crippen LogP contribution in [0.15, 0.2) is 24.8 Å². The van der Waals surface area contributed by atoms with Crippen molar-refractivity contribution in [2.24, 2.45) is 0 Å². The van der Waals surface area contributed by atoms with E-state index in [1.54, 1.807) is 53.7 Å². The van der Waals surface area contributed by atoms with E-state index in [1.807, 2.05) is 0 Å². The topological polar surface area (TPSA) is 71.1 Å². The third-order valence-electron chi connectivity index (χ3n) is 2.37. The van der Waals surface area contributed by atoms with Crippen molar-refractivity contribution in [3.05, 3.63) is 30.3 Å². The lowest BCUT2D eigenvalue weighted by molar-refractivity contribution is 0.0137. The fourth-order valence-corrected chi connectivity index (χ4v) is 1.54. The lowest BCUT2D eigenvalue weighted by Gasteiger charge is -2.20. The van der Waals surface area contributed by atoms with Crippen LogP contribution in [-0.2, 0) is 9.47 Å². The molecule has 6 heteroatoms. The van der Waals surface area contributed by atoms with Crippen molar-refractivity contribution in [1.82, 2.24) is 0 Å². The van der Waals surface area contributed by atoms with E-state index in [0.717, 1.165) is 0 Å². The number of hydrogen-bond donors (Lipinski definition) is 0. The van der Waals surface area contributed by atoms with Gasteiger partial charge in [0.15, 0.2) is 11.5 Å². The Hall–Kier alpha value is -2.50. The fraction of sp³-hybridized carbons (Fsp3) is 0.444. The molecule has 0 fully saturated rings. The van der Waals surface area contributed by atoms with Gasteiger partial charge in [-0.15, -0.1) is 0 Å². The van der Waals surface area contributed by atoms with Gasteiger partial charge in [0.25, 0.3) is 0 Å². The predicted molar refractivity (Wildman–Crippen MR) is 90.3 cm³/mol. The van der Waals surface area contributed by atoms with Crippen LogP contribution in [-0.4, -0.2) is 23.5 Å². The molecule has 0 aliphatic heterocycles. The van der Waals surface area contributed by atoms with Gasteiger partial charge in [-0.2, -0.15) is 0 Å². The summed E-state index contributed by atoms with van der Waals surface area (Å²) >= 11 is 0. The highest BCUT2D eigenvalue weighted by Gasteiger charge is 2.23. The van der Waals surface area contributed by atoms with Crippen molar-refractivity contribution in [2.45, 2.75) is 52.7 Å². The number of ether oxygens (including phenoxy) is 4. The van der Waals surface area contributed by atoms with Gasteiger partial charge in [-0.05, 0) is 59.2 Å². The van der Waals surface area contributed by atoms with E-state index in [2.05, 4.69) is 6.58 Å². The van der Waals surface area contributed by atoms with Gasteiger partial charge in [0.1, 0.15) is 11.2 Å². The molecule has 6 nitrogen and oxygen atoms in total. The first-order valence-corrected chi connectivity index (χ1v) is 7.48. The van der Waals surface area contributed by atoms with Gasteiger partial charge in [-0.25, -0.2) is 9.59 Å². The first-order chi connectivity index (χ1) is 10.9. The van der Waals surface area contributed by atoms with Crippen LogP contribution >= 0.6 is 0 Å². The second-order valence-electron chi connectivity index (χ2n) is 7.04. The highest BCUT2D eigenvalue weighted by atomic mass is 16.8. The Balaban J connectivity index is 2.98. The Kier molecular flexibility index (Phi) is 6.01. The molecule has 0 aliphatic carbocycles. The van der Waals surface area contributed by atoms with Crippen molar-refractivity contribution < 1.29 is 28.5 Å². The van der Waals surface area contributed by atoms with Crippen LogP contribution in [0, 0.1) is 0 Å². The second kappa shape index (κ2) is 7.38. The van der Waals surface area contributed by atoms with E-state index in [4.69, 9.17) is 18.9 Å². The maximum Gasteiger partial charge on any atom is 0.514 e. The van der Waals surface area contributed by atoms with Gasteiger partial charge >= 0.3 is 12.3 Å². The van der Waals surface area contributed by atoms with Crippen molar-refractivity contribution in [2.75, 3.05) is 0 Å². The zero-order chi connectivity index (χ0) is 18.5. The second-order valence-corrected chi connectivity index (χ2v) is 7.04. The quantitative estimate of drug-likeness (QED) is 0.574. The van der Waals surface area contributed by atoms with Gasteiger partial charge in [0, 0.05) is 0 Å². The number of carbonyl (C=O) groups excluding carboxylic acids is 2. The molecule has 0 saturated heterocycles. The molecule has 0 aromatic heterocycles. The Morgan fingerprint density at radius 1 is 0.875 bits per heavy atom. The molecule has 1 aromatic carbocycles. The van der Waals surface area contributed by atoms with Crippen molar-refractivity contribution in [1.29, 1.82) is 0 Å². The zero-order valence-electron chi connectivity index (χ0n) is 15.0. The minimum absolute atomic E-state index is 0.0347. The zero-order valence-corrected chi connectivity index (χ0v) is 15.0. The molecule has 0 unspecified atom stereocenters. The molecule has 0 saturated carbocycles. The molecule has 1 rings (SSSR count). The van der Waals surface area contributed by atoms with E-state index >= 15 is 0 Å². The maximum absolute atomic E-state index is 11.9. The van der Waals surface area contributed by atoms with Crippen LogP contribution in [0.2, 0.25) is 0 Å². The summed E-state index contributed by atoms with van der Waals surface area (Å²) in [7, 11) is 0. The van der Waals surface area contributed by atoms with Gasteiger partial charge in [0.2, 0.25) is 0 Å². The molecular formula is C18H24O6. The summed E-state index contributed by atoms with van der Waals surface area (Å²) in [4.78, 5) is 23.7. The van der Waals surface area contributed by atoms with Gasteiger partial charge in [-0.3, -0.25) is 0 Å². The molecule has 132 valence electrons. The maximum atomic E-state index is 11.9. The Morgan fingerprint density at radius 3 is 1.75 bits per heavy atom. The molecule has 0 spiro atoms. The van der Waals surface area contributed by atoms with Crippen LogP contribution < -0.4 is 9.47 Å². The van der Waals surface area contributed by atoms with Gasteiger partial charge in [0.05, 0.1) is 0 Å². The summed E-state index contributed by atoms with van der Waals surface area (Å²) in [6.07, 6.45) is -0.236. The molecule has 0 aliphatic rings. The summed E-state index contributed by atoms with van der Waals surface area (Å²) in [6, 6.07) is 4.66. The van der Waals surface area contributed by atoms with E-state index < -0.39 is 23.5 Å². The monoisotopic (exact) mass is 336 g/mol. The third kappa shape index (κ3) is 7.17. The van der Waals surface area contributed by atoms with Crippen LogP contribution in [0.5, 0.6) is 11.5 Å². The minimum atomic E-state index is -0.905. The Morgan fingerprint density at radius 2 is 1.33 bits per heavy atom. The average molecular weight is 336 g/mol. The molecule has 0 atom stereocenters. The Labute approximate surface area is 142 Å². The largest absolute Gasteiger partial charge is 0.514 e. The molecule has 0 bridgehead atoms. The summed E-state index contributed by atoms with van der Waals surface area (Å²) in [5, 5.41) is 0. The lowest BCUT2D eigenvalue weighted by Crippen LogP contribution is -2.27. The molecule has 1 aromatic rings. The van der Waals surface area contributed by atoms with Crippen molar-refractivity contribution >= 4 is 18.4 Å². The van der Waals surface area contributed by atoms with E-state index in [-0.39, 0.29) is 11.5 Å². The average Bonchev–Trinajstić information content (AvgIpc) is 2.36. The number of rotatable bonds is 3. The summed E-state index contributed by atoms with van der Waals surface area (Å²) in [5.74, 6) is 0.0771. The summed E-state index contributed by atoms with van der Waals surface area (Å²) in [6.45, 7) is 13.9. The third-order valence-corrected chi connectivity index (χ3v) is 2.37. The van der Waals surface area contributed by atoms with E-state index in [0.29, 0.717) is 5.56 Å². The molecule has 24 heavy (non-hydrogen) atoms. The summed E-state index contributed by atoms with van der Waals surface area (Å²) in [5.41, 5.74) is -0.728. The number of carbonyl (C=O) groups is 2. The van der Waals surface area contributed by atoms with Crippen molar-refractivity contribution in [3.8, 4) is 11.5 Å². The predicted octanol–water partition coefficient (Wildman–Crippen LogP) is 4.96. The van der Waals surface area contributed by atoms with Gasteiger partial charge in [-0.1, -0.05) is 18.7 Å². The van der Waals surface area contributed by atoms with E-state index in [1.165, 1.54) is 12.1 Å². The SMILES string of the molecule is C=Cc1ccc(OC(=O)OC(C)(C)C)c(OC(=O)OC(C)(C)C)c1.